The van der Waals surface area contributed by atoms with Gasteiger partial charge in [0, 0.05) is 36.4 Å². The van der Waals surface area contributed by atoms with Crippen molar-refractivity contribution in [1.29, 1.82) is 0 Å². The van der Waals surface area contributed by atoms with Crippen LogP contribution < -0.4 is 16.4 Å². The maximum Gasteiger partial charge on any atom is 0.319 e. The number of benzene rings is 1. The van der Waals surface area contributed by atoms with Gasteiger partial charge in [0.1, 0.15) is 0 Å². The minimum absolute atomic E-state index is 0.173. The van der Waals surface area contributed by atoms with Gasteiger partial charge in [-0.3, -0.25) is 4.90 Å². The van der Waals surface area contributed by atoms with Gasteiger partial charge in [0.2, 0.25) is 0 Å². The first-order valence-electron chi connectivity index (χ1n) is 6.86. The third-order valence-electron chi connectivity index (χ3n) is 3.38. The normalized spacial score (nSPS) is 16.4. The molecule has 2 rings (SSSR count). The van der Waals surface area contributed by atoms with Crippen LogP contribution in [0.1, 0.15) is 12.8 Å². The number of rotatable bonds is 4. The lowest BCUT2D eigenvalue weighted by Gasteiger charge is -2.31. The molecule has 21 heavy (non-hydrogen) atoms. The van der Waals surface area contributed by atoms with Crippen LogP contribution in [0.25, 0.3) is 0 Å². The van der Waals surface area contributed by atoms with Gasteiger partial charge in [-0.15, -0.1) is 0 Å². The Balaban J connectivity index is 1.75. The molecule has 0 saturated carbocycles. The van der Waals surface area contributed by atoms with Gasteiger partial charge in [0.05, 0.1) is 4.99 Å². The van der Waals surface area contributed by atoms with Crippen molar-refractivity contribution in [2.24, 2.45) is 5.73 Å². The number of amides is 2. The molecular formula is C14H19ClN4OS. The Morgan fingerprint density at radius 3 is 2.76 bits per heavy atom. The SMILES string of the molecule is NC(=S)CN1CCC(NC(=O)Nc2cccc(Cl)c2)CC1. The molecule has 1 aromatic carbocycles. The molecule has 0 aliphatic carbocycles. The maximum absolute atomic E-state index is 11.9. The first kappa shape index (κ1) is 16.0. The van der Waals surface area contributed by atoms with E-state index in [4.69, 9.17) is 29.6 Å². The number of thiocarbonyl (C=S) groups is 1. The summed E-state index contributed by atoms with van der Waals surface area (Å²) in [6.07, 6.45) is 1.79. The van der Waals surface area contributed by atoms with Crippen molar-refractivity contribution in [1.82, 2.24) is 10.2 Å². The van der Waals surface area contributed by atoms with Crippen LogP contribution in [0.15, 0.2) is 24.3 Å². The first-order valence-corrected chi connectivity index (χ1v) is 7.65. The predicted molar refractivity (Wildman–Crippen MR) is 89.9 cm³/mol. The molecule has 1 fully saturated rings. The number of likely N-dealkylation sites (tertiary alicyclic amines) is 1. The summed E-state index contributed by atoms with van der Waals surface area (Å²) in [5, 5.41) is 6.36. The number of halogens is 1. The van der Waals surface area contributed by atoms with Crippen LogP contribution in [0.5, 0.6) is 0 Å². The van der Waals surface area contributed by atoms with Crippen LogP contribution in [0, 0.1) is 0 Å². The van der Waals surface area contributed by atoms with E-state index in [1.165, 1.54) is 0 Å². The molecule has 1 heterocycles. The Kier molecular flexibility index (Phi) is 5.78. The van der Waals surface area contributed by atoms with Crippen LogP contribution in [-0.4, -0.2) is 41.6 Å². The highest BCUT2D eigenvalue weighted by Gasteiger charge is 2.20. The summed E-state index contributed by atoms with van der Waals surface area (Å²) in [6.45, 7) is 2.43. The number of carbonyl (C=O) groups excluding carboxylic acids is 1. The van der Waals surface area contributed by atoms with Crippen molar-refractivity contribution in [3.63, 3.8) is 0 Å². The highest BCUT2D eigenvalue weighted by Crippen LogP contribution is 2.15. The quantitative estimate of drug-likeness (QED) is 0.742. The molecule has 4 N–H and O–H groups in total. The van der Waals surface area contributed by atoms with E-state index in [-0.39, 0.29) is 12.1 Å². The number of hydrogen-bond acceptors (Lipinski definition) is 3. The summed E-state index contributed by atoms with van der Waals surface area (Å²) >= 11 is 10.8. The first-order chi connectivity index (χ1) is 10.0. The smallest absolute Gasteiger partial charge is 0.319 e. The molecule has 1 aliphatic heterocycles. The fourth-order valence-electron chi connectivity index (χ4n) is 2.37. The lowest BCUT2D eigenvalue weighted by atomic mass is 10.1. The molecule has 114 valence electrons. The fourth-order valence-corrected chi connectivity index (χ4v) is 2.75. The molecule has 0 bridgehead atoms. The monoisotopic (exact) mass is 326 g/mol. The fraction of sp³-hybridized carbons (Fsp3) is 0.429. The molecular weight excluding hydrogens is 308 g/mol. The van der Waals surface area contributed by atoms with Crippen molar-refractivity contribution in [3.05, 3.63) is 29.3 Å². The Labute approximate surface area is 134 Å². The topological polar surface area (TPSA) is 70.4 Å². The summed E-state index contributed by atoms with van der Waals surface area (Å²) in [4.78, 5) is 14.6. The van der Waals surface area contributed by atoms with Crippen LogP contribution >= 0.6 is 23.8 Å². The zero-order valence-corrected chi connectivity index (χ0v) is 13.2. The van der Waals surface area contributed by atoms with E-state index in [1.54, 1.807) is 24.3 Å². The lowest BCUT2D eigenvalue weighted by Crippen LogP contribution is -2.47. The second-order valence-corrected chi connectivity index (χ2v) is 6.09. The van der Waals surface area contributed by atoms with Crippen molar-refractivity contribution in [2.45, 2.75) is 18.9 Å². The van der Waals surface area contributed by atoms with E-state index in [1.807, 2.05) is 0 Å². The van der Waals surface area contributed by atoms with Gasteiger partial charge < -0.3 is 16.4 Å². The van der Waals surface area contributed by atoms with Crippen molar-refractivity contribution in [3.8, 4) is 0 Å². The average Bonchev–Trinajstić information content (AvgIpc) is 2.40. The standard InChI is InChI=1S/C14H19ClN4OS/c15-10-2-1-3-12(8-10)18-14(20)17-11-4-6-19(7-5-11)9-13(16)21/h1-3,8,11H,4-7,9H2,(H2,16,21)(H2,17,18,20). The second kappa shape index (κ2) is 7.59. The Hall–Kier alpha value is -1.37. The Morgan fingerprint density at radius 1 is 1.43 bits per heavy atom. The minimum atomic E-state index is -0.204. The highest BCUT2D eigenvalue weighted by molar-refractivity contribution is 7.80. The molecule has 5 nitrogen and oxygen atoms in total. The van der Waals surface area contributed by atoms with E-state index < -0.39 is 0 Å². The number of nitrogens with zero attached hydrogens (tertiary/aromatic N) is 1. The number of hydrogen-bond donors (Lipinski definition) is 3. The third kappa shape index (κ3) is 5.49. The molecule has 0 unspecified atom stereocenters. The molecule has 0 atom stereocenters. The number of urea groups is 1. The van der Waals surface area contributed by atoms with Gasteiger partial charge in [-0.25, -0.2) is 4.79 Å². The molecule has 7 heteroatoms. The van der Waals surface area contributed by atoms with E-state index in [9.17, 15) is 4.79 Å². The lowest BCUT2D eigenvalue weighted by molar-refractivity contribution is 0.213. The van der Waals surface area contributed by atoms with Gasteiger partial charge in [0.25, 0.3) is 0 Å². The number of anilines is 1. The summed E-state index contributed by atoms with van der Waals surface area (Å²) in [7, 11) is 0. The van der Waals surface area contributed by atoms with E-state index in [2.05, 4.69) is 15.5 Å². The van der Waals surface area contributed by atoms with Gasteiger partial charge in [-0.1, -0.05) is 29.9 Å². The number of piperidine rings is 1. The van der Waals surface area contributed by atoms with Crippen LogP contribution in [0.4, 0.5) is 10.5 Å². The number of nitrogens with two attached hydrogens (primary N) is 1. The molecule has 0 spiro atoms. The van der Waals surface area contributed by atoms with E-state index >= 15 is 0 Å². The molecule has 0 aromatic heterocycles. The maximum atomic E-state index is 11.9. The van der Waals surface area contributed by atoms with Gasteiger partial charge in [-0.05, 0) is 31.0 Å². The average molecular weight is 327 g/mol. The van der Waals surface area contributed by atoms with Crippen molar-refractivity contribution >= 4 is 40.5 Å². The summed E-state index contributed by atoms with van der Waals surface area (Å²) in [5.74, 6) is 0. The molecule has 1 saturated heterocycles. The van der Waals surface area contributed by atoms with Crippen LogP contribution in [0.2, 0.25) is 5.02 Å². The molecule has 2 amide bonds. The van der Waals surface area contributed by atoms with Crippen molar-refractivity contribution in [2.75, 3.05) is 25.0 Å². The van der Waals surface area contributed by atoms with Crippen molar-refractivity contribution < 1.29 is 4.79 Å². The molecule has 1 aliphatic rings. The van der Waals surface area contributed by atoms with E-state index in [0.29, 0.717) is 22.2 Å². The van der Waals surface area contributed by atoms with Gasteiger partial charge >= 0.3 is 6.03 Å². The Bertz CT molecular complexity index is 517. The molecule has 0 radical (unpaired) electrons. The number of nitrogens with one attached hydrogen (secondary N) is 2. The summed E-state index contributed by atoms with van der Waals surface area (Å²) in [6, 6.07) is 7.05. The summed E-state index contributed by atoms with van der Waals surface area (Å²) < 4.78 is 0. The third-order valence-corrected chi connectivity index (χ3v) is 3.75. The Morgan fingerprint density at radius 2 is 2.14 bits per heavy atom. The van der Waals surface area contributed by atoms with Crippen LogP contribution in [-0.2, 0) is 0 Å². The van der Waals surface area contributed by atoms with Crippen LogP contribution in [0.3, 0.4) is 0 Å². The summed E-state index contributed by atoms with van der Waals surface area (Å²) in [5.41, 5.74) is 6.22. The largest absolute Gasteiger partial charge is 0.392 e. The minimum Gasteiger partial charge on any atom is -0.392 e. The second-order valence-electron chi connectivity index (χ2n) is 5.13. The highest BCUT2D eigenvalue weighted by atomic mass is 35.5. The zero-order valence-electron chi connectivity index (χ0n) is 11.6. The van der Waals surface area contributed by atoms with Gasteiger partial charge in [-0.2, -0.15) is 0 Å². The zero-order chi connectivity index (χ0) is 15.2. The predicted octanol–water partition coefficient (Wildman–Crippen LogP) is 2.21. The molecule has 1 aromatic rings. The van der Waals surface area contributed by atoms with Gasteiger partial charge in [0.15, 0.2) is 0 Å². The number of carbonyl (C=O) groups is 1. The van der Waals surface area contributed by atoms with E-state index in [0.717, 1.165) is 25.9 Å².